The normalized spacial score (nSPS) is 10.2. The highest BCUT2D eigenvalue weighted by atomic mass is 16.1. The molecule has 0 spiro atoms. The van der Waals surface area contributed by atoms with E-state index in [2.05, 4.69) is 0 Å². The third-order valence-corrected chi connectivity index (χ3v) is 2.86. The molecule has 2 rings (SSSR count). The standard InChI is InChI=1S/C15H15NO/c1-11-6-7-13(10-17)14(8-11)9-12-4-2-3-5-15(12)16/h2-8,10H,9,16H2,1H3. The van der Waals surface area contributed by atoms with Crippen molar-refractivity contribution in [1.29, 1.82) is 0 Å². The number of aldehydes is 1. The van der Waals surface area contributed by atoms with E-state index in [0.29, 0.717) is 6.42 Å². The van der Waals surface area contributed by atoms with Gasteiger partial charge in [-0.15, -0.1) is 0 Å². The van der Waals surface area contributed by atoms with Gasteiger partial charge in [0.15, 0.2) is 0 Å². The Balaban J connectivity index is 2.39. The average molecular weight is 225 g/mol. The molecule has 0 saturated heterocycles. The zero-order valence-electron chi connectivity index (χ0n) is 9.81. The predicted molar refractivity (Wildman–Crippen MR) is 70.2 cm³/mol. The van der Waals surface area contributed by atoms with Crippen LogP contribution in [0.2, 0.25) is 0 Å². The number of carbonyl (C=O) groups excluding carboxylic acids is 1. The lowest BCUT2D eigenvalue weighted by Crippen LogP contribution is -1.99. The van der Waals surface area contributed by atoms with Gasteiger partial charge in [0.25, 0.3) is 0 Å². The van der Waals surface area contributed by atoms with Gasteiger partial charge >= 0.3 is 0 Å². The number of anilines is 1. The second-order valence-corrected chi connectivity index (χ2v) is 4.20. The van der Waals surface area contributed by atoms with Gasteiger partial charge in [-0.25, -0.2) is 0 Å². The number of nitrogen functional groups attached to an aromatic ring is 1. The molecule has 0 saturated carbocycles. The summed E-state index contributed by atoms with van der Waals surface area (Å²) in [5.41, 5.74) is 10.6. The summed E-state index contributed by atoms with van der Waals surface area (Å²) in [4.78, 5) is 11.0. The summed E-state index contributed by atoms with van der Waals surface area (Å²) in [6, 6.07) is 13.6. The Hall–Kier alpha value is -2.09. The van der Waals surface area contributed by atoms with Gasteiger partial charge in [0.1, 0.15) is 6.29 Å². The molecule has 2 aromatic carbocycles. The van der Waals surface area contributed by atoms with Crippen molar-refractivity contribution in [3.63, 3.8) is 0 Å². The highest BCUT2D eigenvalue weighted by Crippen LogP contribution is 2.19. The van der Waals surface area contributed by atoms with Crippen LogP contribution in [0, 0.1) is 6.92 Å². The summed E-state index contributed by atoms with van der Waals surface area (Å²) in [6.45, 7) is 2.02. The molecule has 0 atom stereocenters. The van der Waals surface area contributed by atoms with Crippen molar-refractivity contribution in [2.24, 2.45) is 0 Å². The van der Waals surface area contributed by atoms with E-state index >= 15 is 0 Å². The van der Waals surface area contributed by atoms with Crippen LogP contribution in [0.25, 0.3) is 0 Å². The predicted octanol–water partition coefficient (Wildman–Crippen LogP) is 2.98. The summed E-state index contributed by atoms with van der Waals surface area (Å²) in [5, 5.41) is 0. The monoisotopic (exact) mass is 225 g/mol. The van der Waals surface area contributed by atoms with E-state index in [9.17, 15) is 4.79 Å². The second-order valence-electron chi connectivity index (χ2n) is 4.20. The molecule has 0 aromatic heterocycles. The fourth-order valence-corrected chi connectivity index (χ4v) is 1.90. The summed E-state index contributed by atoms with van der Waals surface area (Å²) in [5.74, 6) is 0. The third kappa shape index (κ3) is 2.53. The van der Waals surface area contributed by atoms with Gasteiger partial charge in [0.05, 0.1) is 0 Å². The van der Waals surface area contributed by atoms with Gasteiger partial charge in [-0.1, -0.05) is 42.0 Å². The Morgan fingerprint density at radius 3 is 2.59 bits per heavy atom. The van der Waals surface area contributed by atoms with Crippen molar-refractivity contribution in [2.45, 2.75) is 13.3 Å². The first-order chi connectivity index (χ1) is 8.20. The molecular formula is C15H15NO. The number of hydrogen-bond acceptors (Lipinski definition) is 2. The van der Waals surface area contributed by atoms with E-state index in [-0.39, 0.29) is 0 Å². The minimum atomic E-state index is 0.697. The fraction of sp³-hybridized carbons (Fsp3) is 0.133. The number of carbonyl (C=O) groups is 1. The molecule has 0 bridgehead atoms. The summed E-state index contributed by atoms with van der Waals surface area (Å²) in [6.07, 6.45) is 1.59. The van der Waals surface area contributed by atoms with Gasteiger partial charge < -0.3 is 5.73 Å². The lowest BCUT2D eigenvalue weighted by Gasteiger charge is -2.08. The van der Waals surface area contributed by atoms with Crippen LogP contribution in [0.3, 0.4) is 0 Å². The van der Waals surface area contributed by atoms with Gasteiger partial charge in [-0.05, 0) is 24.1 Å². The van der Waals surface area contributed by atoms with Crippen LogP contribution in [0.5, 0.6) is 0 Å². The van der Waals surface area contributed by atoms with Crippen LogP contribution >= 0.6 is 0 Å². The molecule has 0 aliphatic carbocycles. The molecule has 0 aliphatic rings. The molecule has 0 amide bonds. The molecular weight excluding hydrogens is 210 g/mol. The smallest absolute Gasteiger partial charge is 0.150 e. The minimum absolute atomic E-state index is 0.697. The molecule has 2 aromatic rings. The fourth-order valence-electron chi connectivity index (χ4n) is 1.90. The van der Waals surface area contributed by atoms with Gasteiger partial charge in [0, 0.05) is 17.7 Å². The summed E-state index contributed by atoms with van der Waals surface area (Å²) >= 11 is 0. The molecule has 2 heteroatoms. The van der Waals surface area contributed by atoms with Crippen molar-refractivity contribution in [3.05, 3.63) is 64.7 Å². The van der Waals surface area contributed by atoms with Crippen molar-refractivity contribution >= 4 is 12.0 Å². The van der Waals surface area contributed by atoms with Crippen molar-refractivity contribution in [2.75, 3.05) is 5.73 Å². The first-order valence-corrected chi connectivity index (χ1v) is 5.59. The maximum Gasteiger partial charge on any atom is 0.150 e. The molecule has 17 heavy (non-hydrogen) atoms. The van der Waals surface area contributed by atoms with Crippen LogP contribution in [0.4, 0.5) is 5.69 Å². The topological polar surface area (TPSA) is 43.1 Å². The largest absolute Gasteiger partial charge is 0.398 e. The van der Waals surface area contributed by atoms with E-state index in [1.165, 1.54) is 0 Å². The van der Waals surface area contributed by atoms with Crippen molar-refractivity contribution in [3.8, 4) is 0 Å². The van der Waals surface area contributed by atoms with E-state index < -0.39 is 0 Å². The van der Waals surface area contributed by atoms with Crippen LogP contribution in [-0.2, 0) is 6.42 Å². The van der Waals surface area contributed by atoms with Gasteiger partial charge in [-0.3, -0.25) is 4.79 Å². The molecule has 0 aliphatic heterocycles. The maximum absolute atomic E-state index is 11.0. The highest BCUT2D eigenvalue weighted by molar-refractivity contribution is 5.77. The molecule has 2 nitrogen and oxygen atoms in total. The number of para-hydroxylation sites is 1. The lowest BCUT2D eigenvalue weighted by molar-refractivity contribution is 0.112. The number of hydrogen-bond donors (Lipinski definition) is 1. The quantitative estimate of drug-likeness (QED) is 0.644. The highest BCUT2D eigenvalue weighted by Gasteiger charge is 2.05. The number of rotatable bonds is 3. The zero-order valence-corrected chi connectivity index (χ0v) is 9.81. The average Bonchev–Trinajstić information content (AvgIpc) is 2.32. The van der Waals surface area contributed by atoms with Gasteiger partial charge in [-0.2, -0.15) is 0 Å². The molecule has 0 unspecified atom stereocenters. The Kier molecular flexibility index (Phi) is 3.24. The Labute approximate surface area is 101 Å². The van der Waals surface area contributed by atoms with E-state index in [0.717, 1.165) is 34.2 Å². The number of benzene rings is 2. The molecule has 2 N–H and O–H groups in total. The molecule has 0 fully saturated rings. The van der Waals surface area contributed by atoms with E-state index in [4.69, 9.17) is 5.73 Å². The first kappa shape index (κ1) is 11.4. The van der Waals surface area contributed by atoms with Crippen LogP contribution in [0.15, 0.2) is 42.5 Å². The SMILES string of the molecule is Cc1ccc(C=O)c(Cc2ccccc2N)c1. The van der Waals surface area contributed by atoms with Crippen molar-refractivity contribution in [1.82, 2.24) is 0 Å². The maximum atomic E-state index is 11.0. The van der Waals surface area contributed by atoms with Gasteiger partial charge in [0.2, 0.25) is 0 Å². The molecule has 86 valence electrons. The Morgan fingerprint density at radius 2 is 1.88 bits per heavy atom. The van der Waals surface area contributed by atoms with Crippen LogP contribution < -0.4 is 5.73 Å². The lowest BCUT2D eigenvalue weighted by atomic mass is 9.97. The number of nitrogens with two attached hydrogens (primary N) is 1. The summed E-state index contributed by atoms with van der Waals surface area (Å²) in [7, 11) is 0. The molecule has 0 radical (unpaired) electrons. The van der Waals surface area contributed by atoms with Crippen molar-refractivity contribution < 1.29 is 4.79 Å². The Bertz CT molecular complexity index is 546. The van der Waals surface area contributed by atoms with Crippen LogP contribution in [0.1, 0.15) is 27.0 Å². The Morgan fingerprint density at radius 1 is 1.12 bits per heavy atom. The minimum Gasteiger partial charge on any atom is -0.398 e. The second kappa shape index (κ2) is 4.83. The number of aryl methyl sites for hydroxylation is 1. The van der Waals surface area contributed by atoms with E-state index in [1.807, 2.05) is 49.4 Å². The van der Waals surface area contributed by atoms with Crippen LogP contribution in [-0.4, -0.2) is 6.29 Å². The third-order valence-electron chi connectivity index (χ3n) is 2.86. The zero-order chi connectivity index (χ0) is 12.3. The summed E-state index contributed by atoms with van der Waals surface area (Å²) < 4.78 is 0. The molecule has 0 heterocycles. The first-order valence-electron chi connectivity index (χ1n) is 5.59. The van der Waals surface area contributed by atoms with E-state index in [1.54, 1.807) is 0 Å².